The molecule has 0 amide bonds. The molecule has 2 aliphatic heterocycles. The number of aliphatic hydroxyl groups excluding tert-OH is 2. The molecule has 210 valence electrons. The Morgan fingerprint density at radius 1 is 1.24 bits per heavy atom. The number of carbonyl (C=O) groups is 2. The lowest BCUT2D eigenvalue weighted by Crippen LogP contribution is -2.53. The van der Waals surface area contributed by atoms with E-state index in [0.29, 0.717) is 37.3 Å². The van der Waals surface area contributed by atoms with Gasteiger partial charge in [0.2, 0.25) is 0 Å². The van der Waals surface area contributed by atoms with Gasteiger partial charge in [0, 0.05) is 19.3 Å². The SMILES string of the molecule is C=CCC1C(=O)C2(CCC2)C(O)CC(=O)OC(/C(C)=C/c2coc(C)n2)CC2OC2(C)CCCC(C)C1O. The summed E-state index contributed by atoms with van der Waals surface area (Å²) in [6.07, 6.45) is 7.12. The van der Waals surface area contributed by atoms with E-state index in [1.807, 2.05) is 19.9 Å². The van der Waals surface area contributed by atoms with E-state index in [4.69, 9.17) is 13.9 Å². The summed E-state index contributed by atoms with van der Waals surface area (Å²) in [4.78, 5) is 31.3. The van der Waals surface area contributed by atoms with Gasteiger partial charge in [-0.3, -0.25) is 9.59 Å². The zero-order valence-electron chi connectivity index (χ0n) is 23.2. The molecule has 0 bridgehead atoms. The summed E-state index contributed by atoms with van der Waals surface area (Å²) < 4.78 is 17.3. The summed E-state index contributed by atoms with van der Waals surface area (Å²) in [6, 6.07) is 0. The molecule has 8 nitrogen and oxygen atoms in total. The molecular weight excluding hydrogens is 486 g/mol. The van der Waals surface area contributed by atoms with Gasteiger partial charge in [0.1, 0.15) is 23.8 Å². The van der Waals surface area contributed by atoms with Crippen molar-refractivity contribution in [2.24, 2.45) is 17.3 Å². The van der Waals surface area contributed by atoms with Crippen LogP contribution in [0.1, 0.15) is 90.1 Å². The molecule has 3 fully saturated rings. The van der Waals surface area contributed by atoms with Crippen LogP contribution in [0.3, 0.4) is 0 Å². The minimum Gasteiger partial charge on any atom is -0.458 e. The number of allylic oxidation sites excluding steroid dienone is 1. The Bertz CT molecular complexity index is 1060. The average molecular weight is 530 g/mol. The summed E-state index contributed by atoms with van der Waals surface area (Å²) in [7, 11) is 0. The molecule has 8 heteroatoms. The van der Waals surface area contributed by atoms with Crippen LogP contribution in [0.15, 0.2) is 28.9 Å². The van der Waals surface area contributed by atoms with Crippen molar-refractivity contribution in [1.29, 1.82) is 0 Å². The number of ketones is 1. The number of carbonyl (C=O) groups excluding carboxylic acids is 2. The van der Waals surface area contributed by atoms with E-state index >= 15 is 0 Å². The Kier molecular flexibility index (Phi) is 8.65. The molecule has 0 aromatic carbocycles. The van der Waals surface area contributed by atoms with E-state index in [-0.39, 0.29) is 29.8 Å². The maximum Gasteiger partial charge on any atom is 0.309 e. The van der Waals surface area contributed by atoms with Crippen molar-refractivity contribution in [3.8, 4) is 0 Å². The minimum atomic E-state index is -1.18. The number of nitrogens with zero attached hydrogens (tertiary/aromatic N) is 1. The molecule has 38 heavy (non-hydrogen) atoms. The smallest absolute Gasteiger partial charge is 0.309 e. The highest BCUT2D eigenvalue weighted by molar-refractivity contribution is 5.90. The van der Waals surface area contributed by atoms with Crippen molar-refractivity contribution in [2.75, 3.05) is 0 Å². The van der Waals surface area contributed by atoms with E-state index < -0.39 is 35.6 Å². The fourth-order valence-corrected chi connectivity index (χ4v) is 6.26. The minimum absolute atomic E-state index is 0.0752. The van der Waals surface area contributed by atoms with Crippen LogP contribution in [0.4, 0.5) is 0 Å². The van der Waals surface area contributed by atoms with Crippen molar-refractivity contribution in [3.05, 3.63) is 36.1 Å². The van der Waals surface area contributed by atoms with Crippen LogP contribution in [-0.2, 0) is 19.1 Å². The molecule has 1 spiro atoms. The highest BCUT2D eigenvalue weighted by Crippen LogP contribution is 2.49. The molecule has 1 aromatic heterocycles. The summed E-state index contributed by atoms with van der Waals surface area (Å²) in [6.45, 7) is 11.5. The fourth-order valence-electron chi connectivity index (χ4n) is 6.26. The molecule has 0 radical (unpaired) electrons. The van der Waals surface area contributed by atoms with Crippen LogP contribution in [0.25, 0.3) is 6.08 Å². The number of ether oxygens (including phenoxy) is 2. The first-order valence-corrected chi connectivity index (χ1v) is 14.0. The number of hydrogen-bond acceptors (Lipinski definition) is 8. The number of fused-ring (bicyclic) bond motifs is 1. The molecule has 1 aromatic rings. The second kappa shape index (κ2) is 11.4. The molecule has 3 heterocycles. The molecule has 7 unspecified atom stereocenters. The van der Waals surface area contributed by atoms with Crippen LogP contribution in [0, 0.1) is 24.2 Å². The molecule has 2 saturated heterocycles. The first-order valence-electron chi connectivity index (χ1n) is 14.0. The maximum atomic E-state index is 13.8. The number of rotatable bonds is 4. The number of aryl methyl sites for hydroxylation is 1. The second-order valence-corrected chi connectivity index (χ2v) is 11.9. The largest absolute Gasteiger partial charge is 0.458 e. The third kappa shape index (κ3) is 5.97. The zero-order chi connectivity index (χ0) is 27.7. The van der Waals surface area contributed by atoms with Crippen LogP contribution in [-0.4, -0.2) is 57.0 Å². The fraction of sp³-hybridized carbons (Fsp3) is 0.700. The van der Waals surface area contributed by atoms with Gasteiger partial charge >= 0.3 is 5.97 Å². The second-order valence-electron chi connectivity index (χ2n) is 11.9. The Hall–Kier alpha value is -2.29. The molecular formula is C30H43NO7. The van der Waals surface area contributed by atoms with Crippen LogP contribution >= 0.6 is 0 Å². The van der Waals surface area contributed by atoms with Gasteiger partial charge in [-0.05, 0) is 63.5 Å². The maximum absolute atomic E-state index is 13.8. The quantitative estimate of drug-likeness (QED) is 0.327. The number of Topliss-reactive ketones (excluding diaryl/α,β-unsaturated/α-hetero) is 1. The van der Waals surface area contributed by atoms with Crippen molar-refractivity contribution >= 4 is 17.8 Å². The van der Waals surface area contributed by atoms with Gasteiger partial charge in [-0.2, -0.15) is 0 Å². The highest BCUT2D eigenvalue weighted by atomic mass is 16.6. The Labute approximate surface area is 225 Å². The molecule has 7 atom stereocenters. The van der Waals surface area contributed by atoms with Crippen LogP contribution in [0.2, 0.25) is 0 Å². The van der Waals surface area contributed by atoms with Crippen molar-refractivity contribution in [1.82, 2.24) is 4.98 Å². The summed E-state index contributed by atoms with van der Waals surface area (Å²) in [5, 5.41) is 22.4. The third-order valence-corrected chi connectivity index (χ3v) is 9.08. The van der Waals surface area contributed by atoms with E-state index in [1.54, 1.807) is 19.3 Å². The zero-order valence-corrected chi connectivity index (χ0v) is 23.2. The van der Waals surface area contributed by atoms with E-state index in [9.17, 15) is 19.8 Å². The number of aromatic nitrogens is 1. The standard InChI is InChI=1S/C30H43NO7/c1-6-9-22-27(34)18(2)10-7-11-29(5)25(38-29)15-23(19(3)14-21-17-36-20(4)31-21)37-26(33)16-24(32)30(28(22)35)12-8-13-30/h6,14,17-18,22-25,27,32,34H,1,7-13,15-16H2,2-5H3/b19-14+. The molecule has 3 aliphatic rings. The monoisotopic (exact) mass is 529 g/mol. The van der Waals surface area contributed by atoms with Gasteiger partial charge in [0.25, 0.3) is 0 Å². The molecule has 1 saturated carbocycles. The number of hydrogen-bond donors (Lipinski definition) is 2. The molecule has 4 rings (SSSR count). The van der Waals surface area contributed by atoms with E-state index in [1.165, 1.54) is 0 Å². The number of cyclic esters (lactones) is 1. The Balaban J connectivity index is 1.60. The number of epoxide rings is 1. The van der Waals surface area contributed by atoms with Gasteiger partial charge in [0.15, 0.2) is 5.89 Å². The third-order valence-electron chi connectivity index (χ3n) is 9.08. The number of oxazole rings is 1. The predicted molar refractivity (Wildman–Crippen MR) is 142 cm³/mol. The lowest BCUT2D eigenvalue weighted by Gasteiger charge is -2.46. The normalized spacial score (nSPS) is 36.7. The molecule has 1 aliphatic carbocycles. The summed E-state index contributed by atoms with van der Waals surface area (Å²) in [5.74, 6) is -0.937. The summed E-state index contributed by atoms with van der Waals surface area (Å²) >= 11 is 0. The van der Waals surface area contributed by atoms with E-state index in [0.717, 1.165) is 31.3 Å². The summed E-state index contributed by atoms with van der Waals surface area (Å²) in [5.41, 5.74) is 0.0735. The van der Waals surface area contributed by atoms with Crippen LogP contribution < -0.4 is 0 Å². The first-order chi connectivity index (χ1) is 18.0. The van der Waals surface area contributed by atoms with Gasteiger partial charge < -0.3 is 24.1 Å². The predicted octanol–water partition coefficient (Wildman–Crippen LogP) is 4.71. The van der Waals surface area contributed by atoms with Gasteiger partial charge in [-0.25, -0.2) is 4.98 Å². The molecule has 2 N–H and O–H groups in total. The lowest BCUT2D eigenvalue weighted by molar-refractivity contribution is -0.162. The van der Waals surface area contributed by atoms with Gasteiger partial charge in [-0.15, -0.1) is 6.58 Å². The van der Waals surface area contributed by atoms with Crippen molar-refractivity contribution in [3.63, 3.8) is 0 Å². The van der Waals surface area contributed by atoms with Crippen molar-refractivity contribution < 1.29 is 33.7 Å². The van der Waals surface area contributed by atoms with Crippen LogP contribution in [0.5, 0.6) is 0 Å². The van der Waals surface area contributed by atoms with E-state index in [2.05, 4.69) is 18.5 Å². The Morgan fingerprint density at radius 2 is 1.97 bits per heavy atom. The van der Waals surface area contributed by atoms with Gasteiger partial charge in [0.05, 0.1) is 35.7 Å². The number of aliphatic hydroxyl groups is 2. The average Bonchev–Trinajstić information content (AvgIpc) is 3.26. The topological polar surface area (TPSA) is 122 Å². The van der Waals surface area contributed by atoms with Gasteiger partial charge in [-0.1, -0.05) is 25.8 Å². The Morgan fingerprint density at radius 3 is 2.58 bits per heavy atom. The first kappa shape index (κ1) is 28.7. The number of esters is 1. The highest BCUT2D eigenvalue weighted by Gasteiger charge is 2.55. The van der Waals surface area contributed by atoms with Crippen molar-refractivity contribution in [2.45, 2.75) is 115 Å². The lowest BCUT2D eigenvalue weighted by atomic mass is 9.58.